The molecule has 2 aromatic rings. The van der Waals surface area contributed by atoms with E-state index in [0.717, 1.165) is 55.8 Å². The quantitative estimate of drug-likeness (QED) is 0.535. The molecule has 0 amide bonds. The van der Waals surface area contributed by atoms with Crippen LogP contribution in [-0.2, 0) is 13.0 Å². The predicted octanol–water partition coefficient (Wildman–Crippen LogP) is 5.56. The second kappa shape index (κ2) is 11.0. The number of rotatable bonds is 8. The number of benzene rings is 2. The van der Waals surface area contributed by atoms with Gasteiger partial charge in [-0.25, -0.2) is 0 Å². The third-order valence-corrected chi connectivity index (χ3v) is 6.53. The highest BCUT2D eigenvalue weighted by Crippen LogP contribution is 2.39. The molecule has 2 aromatic carbocycles. The average Bonchev–Trinajstić information content (AvgIpc) is 3.08. The van der Waals surface area contributed by atoms with Crippen molar-refractivity contribution in [2.75, 3.05) is 26.8 Å². The first kappa shape index (κ1) is 23.6. The maximum atomic E-state index is 13.1. The summed E-state index contributed by atoms with van der Waals surface area (Å²) in [6.07, 6.45) is 5.13. The Labute approximate surface area is 192 Å². The van der Waals surface area contributed by atoms with Crippen LogP contribution in [0.1, 0.15) is 54.1 Å². The van der Waals surface area contributed by atoms with E-state index in [1.54, 1.807) is 7.11 Å². The number of likely N-dealkylation sites (tertiary alicyclic amines) is 1. The van der Waals surface area contributed by atoms with E-state index in [1.165, 1.54) is 18.4 Å². The molecule has 0 aromatic heterocycles. The number of hydrogen-bond acceptors (Lipinski definition) is 4. The molecule has 5 heteroatoms. The van der Waals surface area contributed by atoms with Gasteiger partial charge in [-0.1, -0.05) is 37.3 Å². The molecule has 4 rings (SSSR count). The molecule has 1 atom stereocenters. The number of methoxy groups -OCH3 is 1. The molecule has 0 saturated carbocycles. The highest BCUT2D eigenvalue weighted by Gasteiger charge is 2.34. The maximum Gasteiger partial charge on any atom is 0.166 e. The zero-order valence-corrected chi connectivity index (χ0v) is 19.5. The van der Waals surface area contributed by atoms with Crippen LogP contribution >= 0.6 is 12.4 Å². The van der Waals surface area contributed by atoms with Crippen molar-refractivity contribution in [3.63, 3.8) is 0 Å². The van der Waals surface area contributed by atoms with Crippen molar-refractivity contribution in [1.29, 1.82) is 0 Å². The molecule has 4 nitrogen and oxygen atoms in total. The first-order chi connectivity index (χ1) is 14.7. The zero-order valence-electron chi connectivity index (χ0n) is 18.6. The first-order valence-electron chi connectivity index (χ1n) is 11.3. The third kappa shape index (κ3) is 5.61. The number of Topliss-reactive ketones (excluding diaryl/α,β-unsaturated/α-hetero) is 1. The Kier molecular flexibility index (Phi) is 8.39. The maximum absolute atomic E-state index is 13.1. The van der Waals surface area contributed by atoms with Crippen molar-refractivity contribution >= 4 is 18.2 Å². The van der Waals surface area contributed by atoms with Gasteiger partial charge in [-0.15, -0.1) is 12.4 Å². The summed E-state index contributed by atoms with van der Waals surface area (Å²) < 4.78 is 11.3. The van der Waals surface area contributed by atoms with E-state index in [2.05, 4.69) is 42.2 Å². The van der Waals surface area contributed by atoms with Crippen molar-refractivity contribution in [2.24, 2.45) is 11.8 Å². The van der Waals surface area contributed by atoms with Crippen LogP contribution in [0.2, 0.25) is 0 Å². The van der Waals surface area contributed by atoms with Crippen LogP contribution in [0.15, 0.2) is 42.5 Å². The predicted molar refractivity (Wildman–Crippen MR) is 127 cm³/mol. The molecular weight excluding hydrogens is 410 g/mol. The first-order valence-corrected chi connectivity index (χ1v) is 11.3. The molecular formula is C26H34ClNO3. The number of fused-ring (bicyclic) bond motifs is 1. The SMILES string of the molecule is CCCOc1cc2c(cc1OC)CC(CC1CCN(Cc3ccccc3)CC1)C2=O.Cl. The van der Waals surface area contributed by atoms with E-state index >= 15 is 0 Å². The van der Waals surface area contributed by atoms with Gasteiger partial charge in [0.05, 0.1) is 13.7 Å². The third-order valence-electron chi connectivity index (χ3n) is 6.53. The second-order valence-electron chi connectivity index (χ2n) is 8.71. The molecule has 0 N–H and O–H groups in total. The summed E-state index contributed by atoms with van der Waals surface area (Å²) in [7, 11) is 1.66. The Morgan fingerprint density at radius 1 is 1.06 bits per heavy atom. The van der Waals surface area contributed by atoms with Crippen LogP contribution in [0.5, 0.6) is 11.5 Å². The fraction of sp³-hybridized carbons (Fsp3) is 0.500. The van der Waals surface area contributed by atoms with E-state index in [1.807, 2.05) is 12.1 Å². The minimum atomic E-state index is 0. The monoisotopic (exact) mass is 443 g/mol. The molecule has 31 heavy (non-hydrogen) atoms. The summed E-state index contributed by atoms with van der Waals surface area (Å²) >= 11 is 0. The van der Waals surface area contributed by atoms with Gasteiger partial charge in [-0.3, -0.25) is 9.69 Å². The van der Waals surface area contributed by atoms with Crippen LogP contribution in [-0.4, -0.2) is 37.5 Å². The summed E-state index contributed by atoms with van der Waals surface area (Å²) in [6.45, 7) is 5.98. The summed E-state index contributed by atoms with van der Waals surface area (Å²) in [5.41, 5.74) is 3.34. The molecule has 0 radical (unpaired) electrons. The summed E-state index contributed by atoms with van der Waals surface area (Å²) in [5.74, 6) is 2.47. The number of halogens is 1. The van der Waals surface area contributed by atoms with Gasteiger partial charge in [0.1, 0.15) is 0 Å². The number of hydrogen-bond donors (Lipinski definition) is 0. The Hall–Kier alpha value is -2.04. The standard InChI is InChI=1S/C26H33NO3.ClH/c1-3-13-30-25-17-23-21(16-24(25)29-2)15-22(26(23)28)14-19-9-11-27(12-10-19)18-20-7-5-4-6-8-20;/h4-8,16-17,19,22H,3,9-15,18H2,1-2H3;1H. The molecule has 0 spiro atoms. The van der Waals surface area contributed by atoms with Crippen molar-refractivity contribution < 1.29 is 14.3 Å². The fourth-order valence-corrected chi connectivity index (χ4v) is 4.88. The van der Waals surface area contributed by atoms with Crippen LogP contribution in [0.25, 0.3) is 0 Å². The highest BCUT2D eigenvalue weighted by molar-refractivity contribution is 6.02. The van der Waals surface area contributed by atoms with Gasteiger partial charge >= 0.3 is 0 Å². The number of ketones is 1. The number of piperidine rings is 1. The average molecular weight is 444 g/mol. The Morgan fingerprint density at radius 3 is 2.48 bits per heavy atom. The minimum absolute atomic E-state index is 0. The number of ether oxygens (including phenoxy) is 2. The van der Waals surface area contributed by atoms with Gasteiger partial charge in [0, 0.05) is 18.0 Å². The van der Waals surface area contributed by atoms with Crippen LogP contribution < -0.4 is 9.47 Å². The topological polar surface area (TPSA) is 38.8 Å². The van der Waals surface area contributed by atoms with Crippen LogP contribution in [0.3, 0.4) is 0 Å². The van der Waals surface area contributed by atoms with Gasteiger partial charge in [0.2, 0.25) is 0 Å². The van der Waals surface area contributed by atoms with Gasteiger partial charge < -0.3 is 9.47 Å². The zero-order chi connectivity index (χ0) is 20.9. The minimum Gasteiger partial charge on any atom is -0.493 e. The molecule has 1 aliphatic carbocycles. The van der Waals surface area contributed by atoms with E-state index < -0.39 is 0 Å². The second-order valence-corrected chi connectivity index (χ2v) is 8.71. The number of carbonyl (C=O) groups excluding carboxylic acids is 1. The molecule has 1 aliphatic heterocycles. The molecule has 1 heterocycles. The van der Waals surface area contributed by atoms with Gasteiger partial charge in [0.25, 0.3) is 0 Å². The largest absolute Gasteiger partial charge is 0.493 e. The molecule has 1 unspecified atom stereocenters. The normalized spacial score (nSPS) is 19.0. The number of carbonyl (C=O) groups is 1. The molecule has 168 valence electrons. The Balaban J connectivity index is 0.00000272. The lowest BCUT2D eigenvalue weighted by Crippen LogP contribution is -2.34. The van der Waals surface area contributed by atoms with E-state index in [4.69, 9.17) is 9.47 Å². The summed E-state index contributed by atoms with van der Waals surface area (Å²) in [6, 6.07) is 14.6. The lowest BCUT2D eigenvalue weighted by atomic mass is 9.85. The van der Waals surface area contributed by atoms with Crippen LogP contribution in [0.4, 0.5) is 0 Å². The summed E-state index contributed by atoms with van der Waals surface area (Å²) in [4.78, 5) is 15.6. The Morgan fingerprint density at radius 2 is 1.81 bits per heavy atom. The van der Waals surface area contributed by atoms with Gasteiger partial charge in [0.15, 0.2) is 17.3 Å². The van der Waals surface area contributed by atoms with Crippen molar-refractivity contribution in [3.8, 4) is 11.5 Å². The van der Waals surface area contributed by atoms with Crippen molar-refractivity contribution in [1.82, 2.24) is 4.90 Å². The lowest BCUT2D eigenvalue weighted by Gasteiger charge is -2.32. The fourth-order valence-electron chi connectivity index (χ4n) is 4.88. The summed E-state index contributed by atoms with van der Waals surface area (Å²) in [5, 5.41) is 0. The van der Waals surface area contributed by atoms with E-state index in [-0.39, 0.29) is 18.3 Å². The number of nitrogens with zero attached hydrogens (tertiary/aromatic N) is 1. The van der Waals surface area contributed by atoms with E-state index in [9.17, 15) is 4.79 Å². The van der Waals surface area contributed by atoms with Crippen molar-refractivity contribution in [3.05, 3.63) is 59.2 Å². The smallest absolute Gasteiger partial charge is 0.166 e. The van der Waals surface area contributed by atoms with E-state index in [0.29, 0.717) is 24.1 Å². The highest BCUT2D eigenvalue weighted by atomic mass is 35.5. The van der Waals surface area contributed by atoms with Crippen molar-refractivity contribution in [2.45, 2.75) is 45.6 Å². The van der Waals surface area contributed by atoms with Crippen LogP contribution in [0, 0.1) is 11.8 Å². The Bertz CT molecular complexity index is 862. The molecule has 2 aliphatic rings. The lowest BCUT2D eigenvalue weighted by molar-refractivity contribution is 0.0895. The molecule has 1 fully saturated rings. The molecule has 1 saturated heterocycles. The van der Waals surface area contributed by atoms with Gasteiger partial charge in [-0.2, -0.15) is 0 Å². The molecule has 0 bridgehead atoms. The van der Waals surface area contributed by atoms with Gasteiger partial charge in [-0.05, 0) is 74.4 Å².